The Kier molecular flexibility index (Phi) is 6.39. The average Bonchev–Trinajstić information content (AvgIpc) is 3.34. The van der Waals surface area contributed by atoms with Gasteiger partial charge in [-0.3, -0.25) is 4.79 Å². The van der Waals surface area contributed by atoms with Crippen LogP contribution in [0.4, 0.5) is 5.69 Å². The molecule has 10 heteroatoms. The molecule has 0 unspecified atom stereocenters. The molecular weight excluding hydrogens is 450 g/mol. The number of carbonyl (C=O) groups is 1. The molecule has 2 aromatic rings. The van der Waals surface area contributed by atoms with Gasteiger partial charge in [0.25, 0.3) is 0 Å². The van der Waals surface area contributed by atoms with Crippen molar-refractivity contribution >= 4 is 31.6 Å². The van der Waals surface area contributed by atoms with Crippen LogP contribution >= 0.6 is 0 Å². The number of likely N-dealkylation sites (N-methyl/N-ethyl adjacent to an activating group) is 1. The number of carbonyl (C=O) groups excluding carboxylic acids is 1. The number of rotatable bonds is 6. The van der Waals surface area contributed by atoms with Crippen molar-refractivity contribution in [1.82, 2.24) is 8.61 Å². The first-order valence-corrected chi connectivity index (χ1v) is 13.5. The van der Waals surface area contributed by atoms with Gasteiger partial charge in [-0.25, -0.2) is 16.8 Å². The Balaban J connectivity index is 1.54. The van der Waals surface area contributed by atoms with E-state index in [1.807, 2.05) is 0 Å². The summed E-state index contributed by atoms with van der Waals surface area (Å²) in [6, 6.07) is 12.9. The molecule has 0 saturated carbocycles. The number of benzene rings is 2. The highest BCUT2D eigenvalue weighted by molar-refractivity contribution is 7.89. The maximum absolute atomic E-state index is 13.0. The summed E-state index contributed by atoms with van der Waals surface area (Å²) in [5.74, 6) is -0.344. The Labute approximate surface area is 189 Å². The predicted octanol–water partition coefficient (Wildman–Crippen LogP) is 2.07. The van der Waals surface area contributed by atoms with Crippen molar-refractivity contribution in [2.75, 3.05) is 38.1 Å². The van der Waals surface area contributed by atoms with E-state index in [0.29, 0.717) is 38.2 Å². The highest BCUT2D eigenvalue weighted by Crippen LogP contribution is 2.31. The van der Waals surface area contributed by atoms with Gasteiger partial charge in [0.1, 0.15) is 0 Å². The van der Waals surface area contributed by atoms with Crippen molar-refractivity contribution < 1.29 is 21.6 Å². The fourth-order valence-corrected chi connectivity index (χ4v) is 6.91. The fraction of sp³-hybridized carbons (Fsp3) is 0.409. The largest absolute Gasteiger partial charge is 0.311 e. The Bertz CT molecular complexity index is 1210. The Morgan fingerprint density at radius 3 is 2.28 bits per heavy atom. The molecule has 0 aliphatic carbocycles. The minimum Gasteiger partial charge on any atom is -0.311 e. The standard InChI is InChI=1S/C22H27N3O5S2/c1-23(31(27,28)19-9-3-2-4-10-19)17-22(26)25-15-7-8-18-16-20(11-12-21(18)25)32(29,30)24-13-5-6-14-24/h2-4,9-12,16H,5-8,13-15,17H2,1H3. The molecule has 32 heavy (non-hydrogen) atoms. The first kappa shape index (κ1) is 22.9. The van der Waals surface area contributed by atoms with E-state index in [0.717, 1.165) is 22.7 Å². The number of hydrogen-bond donors (Lipinski definition) is 0. The van der Waals surface area contributed by atoms with Crippen LogP contribution < -0.4 is 4.90 Å². The summed E-state index contributed by atoms with van der Waals surface area (Å²) >= 11 is 0. The number of amides is 1. The zero-order valence-electron chi connectivity index (χ0n) is 18.0. The topological polar surface area (TPSA) is 95.1 Å². The van der Waals surface area contributed by atoms with Crippen LogP contribution in [0.5, 0.6) is 0 Å². The summed E-state index contributed by atoms with van der Waals surface area (Å²) in [7, 11) is -5.94. The lowest BCUT2D eigenvalue weighted by molar-refractivity contribution is -0.118. The molecule has 1 saturated heterocycles. The summed E-state index contributed by atoms with van der Waals surface area (Å²) in [5, 5.41) is 0. The van der Waals surface area contributed by atoms with Crippen molar-refractivity contribution in [3.63, 3.8) is 0 Å². The van der Waals surface area contributed by atoms with Gasteiger partial charge in [0.2, 0.25) is 26.0 Å². The van der Waals surface area contributed by atoms with Gasteiger partial charge in [-0.05, 0) is 61.6 Å². The molecule has 0 aromatic heterocycles. The van der Waals surface area contributed by atoms with Crippen LogP contribution in [0.1, 0.15) is 24.8 Å². The molecular formula is C22H27N3O5S2. The molecule has 0 N–H and O–H groups in total. The molecule has 2 heterocycles. The van der Waals surface area contributed by atoms with E-state index in [-0.39, 0.29) is 22.2 Å². The lowest BCUT2D eigenvalue weighted by Gasteiger charge is -2.31. The Morgan fingerprint density at radius 2 is 1.59 bits per heavy atom. The van der Waals surface area contributed by atoms with E-state index < -0.39 is 20.0 Å². The van der Waals surface area contributed by atoms with Crippen molar-refractivity contribution in [2.24, 2.45) is 0 Å². The van der Waals surface area contributed by atoms with E-state index >= 15 is 0 Å². The van der Waals surface area contributed by atoms with Crippen LogP contribution in [0.2, 0.25) is 0 Å². The van der Waals surface area contributed by atoms with Gasteiger partial charge in [-0.15, -0.1) is 0 Å². The fourth-order valence-electron chi connectivity index (χ4n) is 4.20. The number of fused-ring (bicyclic) bond motifs is 1. The smallest absolute Gasteiger partial charge is 0.243 e. The molecule has 1 fully saturated rings. The predicted molar refractivity (Wildman–Crippen MR) is 121 cm³/mol. The number of nitrogens with zero attached hydrogens (tertiary/aromatic N) is 3. The second-order valence-corrected chi connectivity index (χ2v) is 12.1. The van der Waals surface area contributed by atoms with E-state index in [1.54, 1.807) is 41.3 Å². The Morgan fingerprint density at radius 1 is 0.906 bits per heavy atom. The quantitative estimate of drug-likeness (QED) is 0.635. The second-order valence-electron chi connectivity index (χ2n) is 8.12. The first-order chi connectivity index (χ1) is 15.2. The van der Waals surface area contributed by atoms with E-state index in [2.05, 4.69) is 0 Å². The number of hydrogen-bond acceptors (Lipinski definition) is 5. The van der Waals surface area contributed by atoms with Crippen LogP contribution in [-0.4, -0.2) is 64.6 Å². The summed E-state index contributed by atoms with van der Waals surface area (Å²) in [6.07, 6.45) is 3.08. The molecule has 0 atom stereocenters. The van der Waals surface area contributed by atoms with Gasteiger partial charge in [-0.2, -0.15) is 8.61 Å². The van der Waals surface area contributed by atoms with Crippen LogP contribution in [0.3, 0.4) is 0 Å². The van der Waals surface area contributed by atoms with E-state index in [1.165, 1.54) is 23.5 Å². The average molecular weight is 478 g/mol. The number of anilines is 1. The highest BCUT2D eigenvalue weighted by Gasteiger charge is 2.31. The van der Waals surface area contributed by atoms with E-state index in [4.69, 9.17) is 0 Å². The Hall–Kier alpha value is -2.27. The van der Waals surface area contributed by atoms with Crippen molar-refractivity contribution in [3.8, 4) is 0 Å². The maximum Gasteiger partial charge on any atom is 0.243 e. The van der Waals surface area contributed by atoms with Gasteiger partial charge in [0.15, 0.2) is 0 Å². The summed E-state index contributed by atoms with van der Waals surface area (Å²) in [5.41, 5.74) is 1.44. The molecule has 1 amide bonds. The third kappa shape index (κ3) is 4.32. The van der Waals surface area contributed by atoms with Crippen LogP contribution in [0, 0.1) is 0 Å². The number of sulfonamides is 2. The SMILES string of the molecule is CN(CC(=O)N1CCCc2cc(S(=O)(=O)N3CCCC3)ccc21)S(=O)(=O)c1ccccc1. The third-order valence-corrected chi connectivity index (χ3v) is 9.70. The van der Waals surface area contributed by atoms with Crippen molar-refractivity contribution in [2.45, 2.75) is 35.5 Å². The maximum atomic E-state index is 13.0. The monoisotopic (exact) mass is 477 g/mol. The third-order valence-electron chi connectivity index (χ3n) is 5.98. The van der Waals surface area contributed by atoms with Gasteiger partial charge in [0, 0.05) is 32.4 Å². The molecule has 2 aromatic carbocycles. The summed E-state index contributed by atoms with van der Waals surface area (Å²) < 4.78 is 53.9. The molecule has 0 bridgehead atoms. The van der Waals surface area contributed by atoms with Crippen LogP contribution in [0.25, 0.3) is 0 Å². The first-order valence-electron chi connectivity index (χ1n) is 10.7. The lowest BCUT2D eigenvalue weighted by atomic mass is 10.0. The second kappa shape index (κ2) is 8.93. The zero-order chi connectivity index (χ0) is 22.9. The molecule has 4 rings (SSSR count). The van der Waals surface area contributed by atoms with Crippen molar-refractivity contribution in [3.05, 3.63) is 54.1 Å². The molecule has 0 spiro atoms. The van der Waals surface area contributed by atoms with E-state index in [9.17, 15) is 21.6 Å². The zero-order valence-corrected chi connectivity index (χ0v) is 19.6. The van der Waals surface area contributed by atoms with Crippen LogP contribution in [0.15, 0.2) is 58.3 Å². The minimum absolute atomic E-state index is 0.131. The number of aryl methyl sites for hydroxylation is 1. The van der Waals surface area contributed by atoms with Crippen molar-refractivity contribution in [1.29, 1.82) is 0 Å². The molecule has 172 valence electrons. The van der Waals surface area contributed by atoms with Gasteiger partial charge in [0.05, 0.1) is 16.3 Å². The highest BCUT2D eigenvalue weighted by atomic mass is 32.2. The molecule has 2 aliphatic heterocycles. The van der Waals surface area contributed by atoms with Gasteiger partial charge in [-0.1, -0.05) is 18.2 Å². The van der Waals surface area contributed by atoms with Gasteiger partial charge >= 0.3 is 0 Å². The minimum atomic E-state index is -3.78. The molecule has 0 radical (unpaired) electrons. The summed E-state index contributed by atoms with van der Waals surface area (Å²) in [4.78, 5) is 15.0. The normalized spacial score (nSPS) is 17.5. The van der Waals surface area contributed by atoms with Crippen LogP contribution in [-0.2, 0) is 31.3 Å². The van der Waals surface area contributed by atoms with Gasteiger partial charge < -0.3 is 4.90 Å². The molecule has 8 nitrogen and oxygen atoms in total. The molecule has 2 aliphatic rings. The summed E-state index contributed by atoms with van der Waals surface area (Å²) in [6.45, 7) is 1.23. The lowest BCUT2D eigenvalue weighted by Crippen LogP contribution is -2.43.